The lowest BCUT2D eigenvalue weighted by atomic mass is 10.0. The number of nitrogens with zero attached hydrogens (tertiary/aromatic N) is 5. The fourth-order valence-corrected chi connectivity index (χ4v) is 2.91. The summed E-state index contributed by atoms with van der Waals surface area (Å²) in [6.45, 7) is 1.48. The standard InChI is InChI=1S/C17H19N5O2/c18-7-9-24-16-5-3-14(4-6-16)10-17(23)21-8-1-2-15(11-21)22-13-19-12-20-22/h3-6,12-13,15H,1-2,8-11H2/t15-/m1/s1. The topological polar surface area (TPSA) is 84.0 Å². The van der Waals surface area contributed by atoms with Crippen LogP contribution >= 0.6 is 0 Å². The number of likely N-dealkylation sites (tertiary alicyclic amines) is 1. The number of rotatable bonds is 5. The van der Waals surface area contributed by atoms with E-state index in [0.717, 1.165) is 24.9 Å². The van der Waals surface area contributed by atoms with Crippen molar-refractivity contribution >= 4 is 5.91 Å². The Bertz CT molecular complexity index is 706. The van der Waals surface area contributed by atoms with Crippen LogP contribution in [0.4, 0.5) is 0 Å². The molecule has 1 amide bonds. The highest BCUT2D eigenvalue weighted by molar-refractivity contribution is 5.79. The largest absolute Gasteiger partial charge is 0.479 e. The van der Waals surface area contributed by atoms with Crippen LogP contribution in [0, 0.1) is 11.3 Å². The highest BCUT2D eigenvalue weighted by Crippen LogP contribution is 2.21. The summed E-state index contributed by atoms with van der Waals surface area (Å²) in [4.78, 5) is 18.4. The molecule has 0 unspecified atom stereocenters. The molecule has 7 nitrogen and oxygen atoms in total. The molecule has 1 aliphatic rings. The van der Waals surface area contributed by atoms with Crippen LogP contribution in [-0.4, -0.2) is 45.3 Å². The lowest BCUT2D eigenvalue weighted by Crippen LogP contribution is -2.41. The van der Waals surface area contributed by atoms with E-state index in [1.165, 1.54) is 6.33 Å². The van der Waals surface area contributed by atoms with Crippen LogP contribution in [0.1, 0.15) is 24.4 Å². The second-order valence-corrected chi connectivity index (χ2v) is 5.78. The van der Waals surface area contributed by atoms with Gasteiger partial charge in [-0.3, -0.25) is 4.79 Å². The van der Waals surface area contributed by atoms with Crippen molar-refractivity contribution in [3.05, 3.63) is 42.5 Å². The van der Waals surface area contributed by atoms with Gasteiger partial charge in [-0.2, -0.15) is 10.4 Å². The summed E-state index contributed by atoms with van der Waals surface area (Å²) >= 11 is 0. The molecular formula is C17H19N5O2. The van der Waals surface area contributed by atoms with E-state index in [-0.39, 0.29) is 18.6 Å². The first-order chi connectivity index (χ1) is 11.8. The zero-order valence-corrected chi connectivity index (χ0v) is 13.3. The van der Waals surface area contributed by atoms with Crippen LogP contribution in [0.5, 0.6) is 5.75 Å². The van der Waals surface area contributed by atoms with Gasteiger partial charge in [0.05, 0.1) is 12.5 Å². The molecule has 0 saturated carbocycles. The average molecular weight is 325 g/mol. The van der Waals surface area contributed by atoms with Gasteiger partial charge < -0.3 is 9.64 Å². The highest BCUT2D eigenvalue weighted by atomic mass is 16.5. The van der Waals surface area contributed by atoms with Crippen molar-refractivity contribution in [2.45, 2.75) is 25.3 Å². The molecular weight excluding hydrogens is 306 g/mol. The molecule has 1 fully saturated rings. The Kier molecular flexibility index (Phi) is 5.06. The Labute approximate surface area is 140 Å². The normalized spacial score (nSPS) is 17.3. The van der Waals surface area contributed by atoms with Crippen LogP contribution in [0.3, 0.4) is 0 Å². The number of piperidine rings is 1. The number of nitriles is 1. The van der Waals surface area contributed by atoms with Crippen LogP contribution in [0.25, 0.3) is 0 Å². The summed E-state index contributed by atoms with van der Waals surface area (Å²) in [5, 5.41) is 12.7. The van der Waals surface area contributed by atoms with Gasteiger partial charge in [0, 0.05) is 13.1 Å². The predicted molar refractivity (Wildman–Crippen MR) is 86.1 cm³/mol. The summed E-state index contributed by atoms with van der Waals surface area (Å²) in [5.74, 6) is 0.752. The number of hydrogen-bond donors (Lipinski definition) is 0. The van der Waals surface area contributed by atoms with Crippen molar-refractivity contribution in [2.24, 2.45) is 0 Å². The number of carbonyl (C=O) groups excluding carboxylic acids is 1. The first-order valence-electron chi connectivity index (χ1n) is 7.97. The molecule has 1 saturated heterocycles. The summed E-state index contributed by atoms with van der Waals surface area (Å²) in [7, 11) is 0. The van der Waals surface area contributed by atoms with E-state index in [9.17, 15) is 4.79 Å². The van der Waals surface area contributed by atoms with Gasteiger partial charge in [0.15, 0.2) is 6.61 Å². The lowest BCUT2D eigenvalue weighted by molar-refractivity contribution is -0.132. The lowest BCUT2D eigenvalue weighted by Gasteiger charge is -2.32. The van der Waals surface area contributed by atoms with E-state index < -0.39 is 0 Å². The van der Waals surface area contributed by atoms with Crippen molar-refractivity contribution in [1.29, 1.82) is 5.26 Å². The van der Waals surface area contributed by atoms with Crippen molar-refractivity contribution in [1.82, 2.24) is 19.7 Å². The Balaban J connectivity index is 1.57. The van der Waals surface area contributed by atoms with Gasteiger partial charge in [-0.1, -0.05) is 12.1 Å². The maximum atomic E-state index is 12.5. The third kappa shape index (κ3) is 3.90. The van der Waals surface area contributed by atoms with Crippen LogP contribution < -0.4 is 4.74 Å². The van der Waals surface area contributed by atoms with Gasteiger partial charge in [0.25, 0.3) is 0 Å². The Morgan fingerprint density at radius 1 is 1.38 bits per heavy atom. The number of hydrogen-bond acceptors (Lipinski definition) is 5. The van der Waals surface area contributed by atoms with Gasteiger partial charge >= 0.3 is 0 Å². The molecule has 124 valence electrons. The Morgan fingerprint density at radius 3 is 2.92 bits per heavy atom. The number of aromatic nitrogens is 3. The summed E-state index contributed by atoms with van der Waals surface area (Å²) in [6, 6.07) is 9.43. The van der Waals surface area contributed by atoms with Gasteiger partial charge in [0.2, 0.25) is 5.91 Å². The quantitative estimate of drug-likeness (QED) is 0.833. The molecule has 0 bridgehead atoms. The van der Waals surface area contributed by atoms with Gasteiger partial charge in [-0.25, -0.2) is 9.67 Å². The molecule has 0 spiro atoms. The fraction of sp³-hybridized carbons (Fsp3) is 0.412. The van der Waals surface area contributed by atoms with Crippen LogP contribution in [0.15, 0.2) is 36.9 Å². The summed E-state index contributed by atoms with van der Waals surface area (Å²) in [5.41, 5.74) is 0.937. The van der Waals surface area contributed by atoms with E-state index in [1.807, 2.05) is 27.8 Å². The number of amides is 1. The molecule has 0 N–H and O–H groups in total. The third-order valence-corrected chi connectivity index (χ3v) is 4.14. The molecule has 1 aliphatic heterocycles. The second-order valence-electron chi connectivity index (χ2n) is 5.78. The Morgan fingerprint density at radius 2 is 2.21 bits per heavy atom. The van der Waals surface area contributed by atoms with E-state index in [1.54, 1.807) is 18.5 Å². The van der Waals surface area contributed by atoms with E-state index in [0.29, 0.717) is 18.7 Å². The van der Waals surface area contributed by atoms with Crippen molar-refractivity contribution < 1.29 is 9.53 Å². The first-order valence-corrected chi connectivity index (χ1v) is 7.97. The number of ether oxygens (including phenoxy) is 1. The van der Waals surface area contributed by atoms with Crippen molar-refractivity contribution in [2.75, 3.05) is 19.7 Å². The molecule has 7 heteroatoms. The zero-order chi connectivity index (χ0) is 16.8. The molecule has 24 heavy (non-hydrogen) atoms. The van der Waals surface area contributed by atoms with Gasteiger partial charge in [-0.15, -0.1) is 0 Å². The number of carbonyl (C=O) groups is 1. The molecule has 3 rings (SSSR count). The second kappa shape index (κ2) is 7.59. The minimum absolute atomic E-state index is 0.0235. The maximum absolute atomic E-state index is 12.5. The minimum atomic E-state index is 0.0235. The minimum Gasteiger partial charge on any atom is -0.479 e. The van der Waals surface area contributed by atoms with Crippen molar-refractivity contribution in [3.63, 3.8) is 0 Å². The molecule has 1 atom stereocenters. The first kappa shape index (κ1) is 16.0. The van der Waals surface area contributed by atoms with Crippen molar-refractivity contribution in [3.8, 4) is 11.8 Å². The van der Waals surface area contributed by atoms with Crippen LogP contribution in [0.2, 0.25) is 0 Å². The summed E-state index contributed by atoms with van der Waals surface area (Å²) in [6.07, 6.45) is 5.58. The SMILES string of the molecule is N#CCOc1ccc(CC(=O)N2CCC[C@@H](n3cncn3)C2)cc1. The van der Waals surface area contributed by atoms with E-state index in [2.05, 4.69) is 10.1 Å². The molecule has 0 aliphatic carbocycles. The maximum Gasteiger partial charge on any atom is 0.227 e. The monoisotopic (exact) mass is 325 g/mol. The fourth-order valence-electron chi connectivity index (χ4n) is 2.91. The molecule has 0 radical (unpaired) electrons. The zero-order valence-electron chi connectivity index (χ0n) is 13.3. The highest BCUT2D eigenvalue weighted by Gasteiger charge is 2.25. The smallest absolute Gasteiger partial charge is 0.227 e. The predicted octanol–water partition coefficient (Wildman–Crippen LogP) is 1.59. The molecule has 1 aromatic heterocycles. The van der Waals surface area contributed by atoms with E-state index >= 15 is 0 Å². The van der Waals surface area contributed by atoms with Gasteiger partial charge in [0.1, 0.15) is 24.5 Å². The van der Waals surface area contributed by atoms with Crippen LogP contribution in [-0.2, 0) is 11.2 Å². The average Bonchev–Trinajstić information content (AvgIpc) is 3.16. The Hall–Kier alpha value is -2.88. The third-order valence-electron chi connectivity index (χ3n) is 4.14. The molecule has 2 aromatic rings. The molecule has 1 aromatic carbocycles. The number of benzene rings is 1. The summed E-state index contributed by atoms with van der Waals surface area (Å²) < 4.78 is 7.05. The molecule has 2 heterocycles. The van der Waals surface area contributed by atoms with Gasteiger partial charge in [-0.05, 0) is 30.5 Å². The van der Waals surface area contributed by atoms with E-state index in [4.69, 9.17) is 10.00 Å².